The van der Waals surface area contributed by atoms with Gasteiger partial charge in [-0.25, -0.2) is 4.98 Å². The molecule has 34 heavy (non-hydrogen) atoms. The minimum Gasteiger partial charge on any atom is -0.308 e. The molecule has 1 aliphatic heterocycles. The van der Waals surface area contributed by atoms with Gasteiger partial charge in [0.1, 0.15) is 4.83 Å². The van der Waals surface area contributed by atoms with Gasteiger partial charge in [0.2, 0.25) is 5.91 Å². The molecule has 1 aliphatic carbocycles. The minimum atomic E-state index is 0.0167. The summed E-state index contributed by atoms with van der Waals surface area (Å²) in [4.78, 5) is 36.0. The lowest BCUT2D eigenvalue weighted by Crippen LogP contribution is -2.37. The van der Waals surface area contributed by atoms with Gasteiger partial charge >= 0.3 is 0 Å². The first kappa shape index (κ1) is 21.6. The second-order valence-electron chi connectivity index (χ2n) is 9.04. The highest BCUT2D eigenvalue weighted by Crippen LogP contribution is 2.36. The van der Waals surface area contributed by atoms with E-state index < -0.39 is 0 Å². The third-order valence-corrected chi connectivity index (χ3v) is 8.92. The van der Waals surface area contributed by atoms with E-state index in [1.807, 2.05) is 53.4 Å². The SMILES string of the molecule is CC1Cc2ccccc2N1C(=O)CSc1nc2sc3c(c2c(=O)n1Cc1ccccc1)CCC3. The molecule has 1 unspecified atom stereocenters. The topological polar surface area (TPSA) is 55.2 Å². The summed E-state index contributed by atoms with van der Waals surface area (Å²) in [6.07, 6.45) is 3.96. The second kappa shape index (κ2) is 8.71. The molecule has 0 saturated heterocycles. The molecule has 5 nitrogen and oxygen atoms in total. The highest BCUT2D eigenvalue weighted by Gasteiger charge is 2.31. The number of fused-ring (bicyclic) bond motifs is 4. The number of amides is 1. The van der Waals surface area contributed by atoms with Gasteiger partial charge < -0.3 is 4.90 Å². The number of hydrogen-bond acceptors (Lipinski definition) is 5. The molecular formula is C27H25N3O2S2. The minimum absolute atomic E-state index is 0.0167. The zero-order valence-electron chi connectivity index (χ0n) is 19.0. The van der Waals surface area contributed by atoms with Crippen LogP contribution in [0.25, 0.3) is 10.2 Å². The molecule has 7 heteroatoms. The van der Waals surface area contributed by atoms with E-state index in [0.29, 0.717) is 11.7 Å². The van der Waals surface area contributed by atoms with Crippen molar-refractivity contribution in [1.82, 2.24) is 9.55 Å². The summed E-state index contributed by atoms with van der Waals surface area (Å²) < 4.78 is 1.77. The van der Waals surface area contributed by atoms with Gasteiger partial charge in [-0.2, -0.15) is 0 Å². The van der Waals surface area contributed by atoms with E-state index in [1.54, 1.807) is 15.9 Å². The third kappa shape index (κ3) is 3.67. The number of hydrogen-bond donors (Lipinski definition) is 0. The van der Waals surface area contributed by atoms with Crippen LogP contribution < -0.4 is 10.5 Å². The molecule has 2 aliphatic rings. The van der Waals surface area contributed by atoms with Crippen LogP contribution in [0.15, 0.2) is 64.5 Å². The van der Waals surface area contributed by atoms with Gasteiger partial charge in [-0.3, -0.25) is 14.2 Å². The van der Waals surface area contributed by atoms with Gasteiger partial charge in [-0.05, 0) is 55.4 Å². The van der Waals surface area contributed by atoms with Crippen molar-refractivity contribution in [2.75, 3.05) is 10.7 Å². The number of carbonyl (C=O) groups is 1. The molecule has 6 rings (SSSR count). The largest absolute Gasteiger partial charge is 0.308 e. The smallest absolute Gasteiger partial charge is 0.263 e. The fourth-order valence-corrected chi connectivity index (χ4v) is 7.38. The molecule has 0 fully saturated rings. The van der Waals surface area contributed by atoms with Gasteiger partial charge in [-0.1, -0.05) is 60.3 Å². The van der Waals surface area contributed by atoms with Crippen molar-refractivity contribution < 1.29 is 4.79 Å². The molecular weight excluding hydrogens is 462 g/mol. The van der Waals surface area contributed by atoms with E-state index >= 15 is 0 Å². The highest BCUT2D eigenvalue weighted by atomic mass is 32.2. The molecule has 0 N–H and O–H groups in total. The van der Waals surface area contributed by atoms with E-state index in [2.05, 4.69) is 13.0 Å². The van der Waals surface area contributed by atoms with Crippen molar-refractivity contribution in [2.45, 2.75) is 50.4 Å². The summed E-state index contributed by atoms with van der Waals surface area (Å²) in [5.41, 5.74) is 4.47. The maximum atomic E-state index is 13.7. The molecule has 4 aromatic rings. The van der Waals surface area contributed by atoms with E-state index in [-0.39, 0.29) is 23.3 Å². The van der Waals surface area contributed by atoms with Crippen molar-refractivity contribution in [3.8, 4) is 0 Å². The molecule has 2 aromatic heterocycles. The molecule has 1 amide bonds. The number of para-hydroxylation sites is 1. The van der Waals surface area contributed by atoms with Crippen LogP contribution in [0.5, 0.6) is 0 Å². The zero-order valence-corrected chi connectivity index (χ0v) is 20.6. The standard InChI is InChI=1S/C27H25N3O2S2/c1-17-14-19-10-5-6-12-21(19)30(17)23(31)16-33-27-28-25-24(20-11-7-13-22(20)34-25)26(32)29(27)15-18-8-3-2-4-9-18/h2-6,8-10,12,17H,7,11,13-16H2,1H3. The Morgan fingerprint density at radius 3 is 2.76 bits per heavy atom. The number of carbonyl (C=O) groups excluding carboxylic acids is 1. The average Bonchev–Trinajstić information content (AvgIpc) is 3.52. The summed E-state index contributed by atoms with van der Waals surface area (Å²) >= 11 is 3.02. The van der Waals surface area contributed by atoms with Gasteiger partial charge in [0.15, 0.2) is 5.16 Å². The number of thiophene rings is 1. The van der Waals surface area contributed by atoms with Crippen LogP contribution in [-0.4, -0.2) is 27.3 Å². The van der Waals surface area contributed by atoms with Crippen molar-refractivity contribution >= 4 is 44.9 Å². The van der Waals surface area contributed by atoms with Crippen molar-refractivity contribution in [2.24, 2.45) is 0 Å². The molecule has 0 radical (unpaired) electrons. The van der Waals surface area contributed by atoms with E-state index in [9.17, 15) is 9.59 Å². The number of benzene rings is 2. The molecule has 1 atom stereocenters. The van der Waals surface area contributed by atoms with Crippen LogP contribution in [0.2, 0.25) is 0 Å². The number of anilines is 1. The fourth-order valence-electron chi connectivity index (χ4n) is 5.22. The van der Waals surface area contributed by atoms with Gasteiger partial charge in [0.05, 0.1) is 17.7 Å². The predicted octanol–water partition coefficient (Wildman–Crippen LogP) is 5.06. The lowest BCUT2D eigenvalue weighted by molar-refractivity contribution is -0.116. The van der Waals surface area contributed by atoms with Gasteiger partial charge in [0.25, 0.3) is 5.56 Å². The Labute approximate surface area is 206 Å². The zero-order chi connectivity index (χ0) is 23.2. The molecule has 3 heterocycles. The van der Waals surface area contributed by atoms with E-state index in [4.69, 9.17) is 4.98 Å². The van der Waals surface area contributed by atoms with Crippen molar-refractivity contribution in [3.63, 3.8) is 0 Å². The maximum absolute atomic E-state index is 13.7. The number of nitrogens with zero attached hydrogens (tertiary/aromatic N) is 3. The summed E-state index contributed by atoms with van der Waals surface area (Å²) in [5.74, 6) is 0.299. The monoisotopic (exact) mass is 487 g/mol. The first-order chi connectivity index (χ1) is 16.6. The summed E-state index contributed by atoms with van der Waals surface area (Å²) in [6.45, 7) is 2.54. The van der Waals surface area contributed by atoms with Crippen LogP contribution in [0, 0.1) is 0 Å². The Morgan fingerprint density at radius 2 is 1.91 bits per heavy atom. The first-order valence-corrected chi connectivity index (χ1v) is 13.5. The number of aromatic nitrogens is 2. The summed E-state index contributed by atoms with van der Waals surface area (Å²) in [7, 11) is 0. The number of aryl methyl sites for hydroxylation is 2. The molecule has 2 aromatic carbocycles. The number of thioether (sulfide) groups is 1. The number of rotatable bonds is 5. The Morgan fingerprint density at radius 1 is 1.12 bits per heavy atom. The van der Waals surface area contributed by atoms with E-state index in [1.165, 1.54) is 27.8 Å². The van der Waals surface area contributed by atoms with Crippen LogP contribution >= 0.6 is 23.1 Å². The quantitative estimate of drug-likeness (QED) is 0.292. The van der Waals surface area contributed by atoms with E-state index in [0.717, 1.165) is 47.2 Å². The van der Waals surface area contributed by atoms with Crippen LogP contribution in [-0.2, 0) is 30.6 Å². The first-order valence-electron chi connectivity index (χ1n) is 11.7. The molecule has 0 spiro atoms. The lowest BCUT2D eigenvalue weighted by Gasteiger charge is -2.22. The van der Waals surface area contributed by atoms with Crippen LogP contribution in [0.3, 0.4) is 0 Å². The normalized spacial score (nSPS) is 16.7. The maximum Gasteiger partial charge on any atom is 0.263 e. The summed E-state index contributed by atoms with van der Waals surface area (Å²) in [6, 6.07) is 18.2. The van der Waals surface area contributed by atoms with Crippen LogP contribution in [0.1, 0.15) is 34.9 Å². The predicted molar refractivity (Wildman–Crippen MR) is 139 cm³/mol. The van der Waals surface area contributed by atoms with Crippen LogP contribution in [0.4, 0.5) is 5.69 Å². The van der Waals surface area contributed by atoms with Crippen molar-refractivity contribution in [1.29, 1.82) is 0 Å². The fraction of sp³-hybridized carbons (Fsp3) is 0.296. The second-order valence-corrected chi connectivity index (χ2v) is 11.1. The Balaban J connectivity index is 1.35. The Bertz CT molecular complexity index is 1460. The lowest BCUT2D eigenvalue weighted by atomic mass is 10.1. The molecule has 0 bridgehead atoms. The highest BCUT2D eigenvalue weighted by molar-refractivity contribution is 7.99. The Kier molecular flexibility index (Phi) is 5.54. The third-order valence-electron chi connectivity index (χ3n) is 6.77. The summed E-state index contributed by atoms with van der Waals surface area (Å²) in [5, 5.41) is 1.40. The van der Waals surface area contributed by atoms with Gasteiger partial charge in [-0.15, -0.1) is 11.3 Å². The van der Waals surface area contributed by atoms with Gasteiger partial charge in [0, 0.05) is 16.6 Å². The molecule has 172 valence electrons. The van der Waals surface area contributed by atoms with Crippen molar-refractivity contribution in [3.05, 3.63) is 86.5 Å². The Hall–Kier alpha value is -2.90. The average molecular weight is 488 g/mol. The molecule has 0 saturated carbocycles.